The first-order valence-corrected chi connectivity index (χ1v) is 6.83. The van der Waals surface area contributed by atoms with E-state index in [0.717, 1.165) is 16.4 Å². The van der Waals surface area contributed by atoms with Crippen LogP contribution in [0.1, 0.15) is 17.3 Å². The summed E-state index contributed by atoms with van der Waals surface area (Å²) in [4.78, 5) is 1.16. The predicted molar refractivity (Wildman–Crippen MR) is 71.6 cm³/mol. The number of alkyl halides is 3. The number of nitrogens with zero attached hydrogens (tertiary/aromatic N) is 3. The molecule has 0 spiro atoms. The number of halogens is 4. The summed E-state index contributed by atoms with van der Waals surface area (Å²) in [5.41, 5.74) is 0.533. The molecular weight excluding hydrogens is 311 g/mol. The standard InChI is InChI=1S/C12H11ClF3N3S/c1-19(7-9-11(13)20-18-17-9)10(12(14,15)16)8-5-3-2-4-6-8/h2-6,10H,7H2,1H3. The van der Waals surface area contributed by atoms with Gasteiger partial charge in [0.15, 0.2) is 0 Å². The molecule has 0 aliphatic heterocycles. The van der Waals surface area contributed by atoms with Crippen molar-refractivity contribution in [2.24, 2.45) is 0 Å². The van der Waals surface area contributed by atoms with Crippen LogP contribution in [0.5, 0.6) is 0 Å². The molecule has 20 heavy (non-hydrogen) atoms. The Morgan fingerprint density at radius 2 is 1.95 bits per heavy atom. The third kappa shape index (κ3) is 3.47. The van der Waals surface area contributed by atoms with E-state index in [-0.39, 0.29) is 12.1 Å². The van der Waals surface area contributed by atoms with E-state index in [0.29, 0.717) is 10.0 Å². The molecule has 0 radical (unpaired) electrons. The highest BCUT2D eigenvalue weighted by atomic mass is 35.5. The Hall–Kier alpha value is -1.18. The number of rotatable bonds is 4. The molecule has 1 aromatic heterocycles. The van der Waals surface area contributed by atoms with Crippen molar-refractivity contribution in [1.82, 2.24) is 14.5 Å². The minimum absolute atomic E-state index is 0.0194. The quantitative estimate of drug-likeness (QED) is 0.854. The average molecular weight is 322 g/mol. The van der Waals surface area contributed by atoms with E-state index in [2.05, 4.69) is 9.59 Å². The second-order valence-electron chi connectivity index (χ2n) is 4.26. The summed E-state index contributed by atoms with van der Waals surface area (Å²) < 4.78 is 43.8. The molecule has 1 heterocycles. The summed E-state index contributed by atoms with van der Waals surface area (Å²) in [6.07, 6.45) is -4.38. The molecule has 0 saturated heterocycles. The Morgan fingerprint density at radius 3 is 2.45 bits per heavy atom. The SMILES string of the molecule is CN(Cc1nnsc1Cl)C(c1ccccc1)C(F)(F)F. The van der Waals surface area contributed by atoms with Gasteiger partial charge in [-0.1, -0.05) is 46.4 Å². The Morgan fingerprint density at radius 1 is 1.30 bits per heavy atom. The van der Waals surface area contributed by atoms with Crippen molar-refractivity contribution < 1.29 is 13.2 Å². The topological polar surface area (TPSA) is 29.0 Å². The van der Waals surface area contributed by atoms with Gasteiger partial charge in [0.2, 0.25) is 0 Å². The zero-order valence-corrected chi connectivity index (χ0v) is 12.0. The fraction of sp³-hybridized carbons (Fsp3) is 0.333. The average Bonchev–Trinajstić information content (AvgIpc) is 2.74. The molecule has 2 rings (SSSR count). The fourth-order valence-corrected chi connectivity index (χ4v) is 2.56. The molecule has 3 nitrogen and oxygen atoms in total. The van der Waals surface area contributed by atoms with E-state index in [1.54, 1.807) is 18.2 Å². The molecule has 0 aliphatic carbocycles. The van der Waals surface area contributed by atoms with Crippen molar-refractivity contribution in [2.75, 3.05) is 7.05 Å². The second kappa shape index (κ2) is 6.07. The Kier molecular flexibility index (Phi) is 4.62. The van der Waals surface area contributed by atoms with E-state index in [4.69, 9.17) is 11.6 Å². The number of benzene rings is 1. The Bertz CT molecular complexity index is 559. The lowest BCUT2D eigenvalue weighted by Crippen LogP contribution is -2.35. The van der Waals surface area contributed by atoms with E-state index in [9.17, 15) is 13.2 Å². The maximum absolute atomic E-state index is 13.3. The summed E-state index contributed by atoms with van der Waals surface area (Å²) >= 11 is 6.79. The molecule has 1 aromatic carbocycles. The van der Waals surface area contributed by atoms with Gasteiger partial charge in [-0.25, -0.2) is 0 Å². The van der Waals surface area contributed by atoms with Crippen LogP contribution >= 0.6 is 23.1 Å². The molecule has 1 atom stereocenters. The van der Waals surface area contributed by atoms with Crippen molar-refractivity contribution >= 4 is 23.1 Å². The van der Waals surface area contributed by atoms with Gasteiger partial charge in [-0.05, 0) is 12.6 Å². The van der Waals surface area contributed by atoms with Gasteiger partial charge in [0, 0.05) is 18.1 Å². The van der Waals surface area contributed by atoms with Gasteiger partial charge in [0.05, 0.1) is 0 Å². The van der Waals surface area contributed by atoms with Crippen LogP contribution < -0.4 is 0 Å². The first-order chi connectivity index (χ1) is 9.39. The van der Waals surface area contributed by atoms with Crippen LogP contribution in [0.2, 0.25) is 4.34 Å². The Labute approximate surface area is 123 Å². The largest absolute Gasteiger partial charge is 0.408 e. The van der Waals surface area contributed by atoms with E-state index < -0.39 is 12.2 Å². The fourth-order valence-electron chi connectivity index (χ4n) is 1.95. The van der Waals surface area contributed by atoms with Crippen LogP contribution in [0, 0.1) is 0 Å². The van der Waals surface area contributed by atoms with E-state index in [1.807, 2.05) is 0 Å². The maximum Gasteiger partial charge on any atom is 0.408 e. The van der Waals surface area contributed by atoms with E-state index in [1.165, 1.54) is 19.2 Å². The van der Waals surface area contributed by atoms with Crippen molar-refractivity contribution in [3.63, 3.8) is 0 Å². The third-order valence-corrected chi connectivity index (χ3v) is 3.76. The number of hydrogen-bond acceptors (Lipinski definition) is 4. The lowest BCUT2D eigenvalue weighted by Gasteiger charge is -2.29. The van der Waals surface area contributed by atoms with Crippen LogP contribution in [-0.2, 0) is 6.54 Å². The molecule has 0 bridgehead atoms. The lowest BCUT2D eigenvalue weighted by molar-refractivity contribution is -0.184. The highest BCUT2D eigenvalue weighted by Gasteiger charge is 2.43. The molecule has 0 fully saturated rings. The van der Waals surface area contributed by atoms with Gasteiger partial charge in [-0.3, -0.25) is 4.90 Å². The summed E-state index contributed by atoms with van der Waals surface area (Å²) in [5.74, 6) is 0. The van der Waals surface area contributed by atoms with Gasteiger partial charge in [0.1, 0.15) is 16.1 Å². The van der Waals surface area contributed by atoms with Crippen molar-refractivity contribution in [3.05, 3.63) is 45.9 Å². The van der Waals surface area contributed by atoms with Gasteiger partial charge in [-0.15, -0.1) is 5.10 Å². The molecule has 0 amide bonds. The summed E-state index contributed by atoms with van der Waals surface area (Å²) in [7, 11) is 1.39. The molecule has 8 heteroatoms. The molecule has 1 unspecified atom stereocenters. The maximum atomic E-state index is 13.3. The monoisotopic (exact) mass is 321 g/mol. The zero-order valence-electron chi connectivity index (χ0n) is 10.4. The molecular formula is C12H11ClF3N3S. The highest BCUT2D eigenvalue weighted by Crippen LogP contribution is 2.37. The third-order valence-electron chi connectivity index (χ3n) is 2.77. The minimum atomic E-state index is -4.38. The summed E-state index contributed by atoms with van der Waals surface area (Å²) in [6.45, 7) is -0.0194. The van der Waals surface area contributed by atoms with Crippen LogP contribution in [0.25, 0.3) is 0 Å². The van der Waals surface area contributed by atoms with Crippen molar-refractivity contribution in [2.45, 2.75) is 18.8 Å². The smallest absolute Gasteiger partial charge is 0.286 e. The molecule has 108 valence electrons. The van der Waals surface area contributed by atoms with Crippen molar-refractivity contribution in [3.8, 4) is 0 Å². The second-order valence-corrected chi connectivity index (χ2v) is 5.62. The van der Waals surface area contributed by atoms with Crippen molar-refractivity contribution in [1.29, 1.82) is 0 Å². The van der Waals surface area contributed by atoms with E-state index >= 15 is 0 Å². The molecule has 0 aliphatic rings. The molecule has 0 N–H and O–H groups in total. The number of hydrogen-bond donors (Lipinski definition) is 0. The first-order valence-electron chi connectivity index (χ1n) is 5.68. The van der Waals surface area contributed by atoms with Gasteiger partial charge in [-0.2, -0.15) is 13.2 Å². The van der Waals surface area contributed by atoms with Gasteiger partial charge in [0.25, 0.3) is 0 Å². The lowest BCUT2D eigenvalue weighted by atomic mass is 10.1. The highest BCUT2D eigenvalue weighted by molar-refractivity contribution is 7.10. The molecule has 2 aromatic rings. The first kappa shape index (κ1) is 15.2. The Balaban J connectivity index is 2.26. The number of aromatic nitrogens is 2. The van der Waals surface area contributed by atoms with Gasteiger partial charge >= 0.3 is 6.18 Å². The van der Waals surface area contributed by atoms with Crippen LogP contribution in [0.15, 0.2) is 30.3 Å². The molecule has 0 saturated carbocycles. The van der Waals surface area contributed by atoms with Gasteiger partial charge < -0.3 is 0 Å². The zero-order chi connectivity index (χ0) is 14.8. The van der Waals surface area contributed by atoms with Crippen LogP contribution in [0.3, 0.4) is 0 Å². The summed E-state index contributed by atoms with van der Waals surface area (Å²) in [6, 6.07) is 6.04. The van der Waals surface area contributed by atoms with Crippen LogP contribution in [0.4, 0.5) is 13.2 Å². The minimum Gasteiger partial charge on any atom is -0.286 e. The predicted octanol–water partition coefficient (Wildman–Crippen LogP) is 3.93. The van der Waals surface area contributed by atoms with Crippen LogP contribution in [-0.4, -0.2) is 27.7 Å². The normalized spacial score (nSPS) is 13.7. The summed E-state index contributed by atoms with van der Waals surface area (Å²) in [5, 5.41) is 3.74.